The summed E-state index contributed by atoms with van der Waals surface area (Å²) in [5, 5.41) is 10.3. The van der Waals surface area contributed by atoms with Crippen molar-refractivity contribution in [1.29, 1.82) is 0 Å². The van der Waals surface area contributed by atoms with E-state index in [1.165, 1.54) is 4.90 Å². The lowest BCUT2D eigenvalue weighted by Gasteiger charge is -2.24. The zero-order valence-electron chi connectivity index (χ0n) is 16.4. The molecule has 1 atom stereocenters. The summed E-state index contributed by atoms with van der Waals surface area (Å²) in [5.74, 6) is 0.215. The maximum atomic E-state index is 13.4. The van der Waals surface area contributed by atoms with E-state index in [9.17, 15) is 14.7 Å². The number of ether oxygens (including phenoxy) is 1. The second kappa shape index (κ2) is 7.97. The lowest BCUT2D eigenvalue weighted by atomic mass is 9.98. The lowest BCUT2D eigenvalue weighted by molar-refractivity contribution is 0.0691. The Morgan fingerprint density at radius 2 is 2.00 bits per heavy atom. The van der Waals surface area contributed by atoms with Gasteiger partial charge in [0.15, 0.2) is 5.43 Å². The van der Waals surface area contributed by atoms with Gasteiger partial charge in [-0.3, -0.25) is 9.59 Å². The van der Waals surface area contributed by atoms with Crippen molar-refractivity contribution in [1.82, 2.24) is 4.90 Å². The first-order chi connectivity index (χ1) is 14.5. The predicted octanol–water partition coefficient (Wildman–Crippen LogP) is 3.86. The zero-order valence-corrected chi connectivity index (χ0v) is 17.1. The number of amides is 1. The molecule has 1 aliphatic rings. The molecular weight excluding hydrogens is 406 g/mol. The fourth-order valence-corrected chi connectivity index (χ4v) is 3.89. The summed E-state index contributed by atoms with van der Waals surface area (Å²) in [6.45, 7) is 5.62. The van der Waals surface area contributed by atoms with Crippen LogP contribution in [0.4, 0.5) is 0 Å². The van der Waals surface area contributed by atoms with E-state index in [-0.39, 0.29) is 29.9 Å². The molecule has 0 radical (unpaired) electrons. The number of aliphatic hydroxyl groups excluding tert-OH is 1. The van der Waals surface area contributed by atoms with Gasteiger partial charge in [-0.2, -0.15) is 0 Å². The molecule has 30 heavy (non-hydrogen) atoms. The second-order valence-corrected chi connectivity index (χ2v) is 7.47. The first kappa shape index (κ1) is 20.2. The number of fused-ring (bicyclic) bond motifs is 2. The van der Waals surface area contributed by atoms with E-state index in [1.807, 2.05) is 0 Å². The van der Waals surface area contributed by atoms with Crippen molar-refractivity contribution in [3.63, 3.8) is 0 Å². The average Bonchev–Trinajstić information content (AvgIpc) is 3.01. The molecule has 1 aliphatic heterocycles. The van der Waals surface area contributed by atoms with E-state index >= 15 is 0 Å². The minimum Gasteiger partial charge on any atom is -0.490 e. The van der Waals surface area contributed by atoms with Crippen molar-refractivity contribution in [2.45, 2.75) is 13.0 Å². The molecule has 0 fully saturated rings. The highest BCUT2D eigenvalue weighted by Gasteiger charge is 2.42. The first-order valence-electron chi connectivity index (χ1n) is 9.48. The van der Waals surface area contributed by atoms with Gasteiger partial charge in [0.2, 0.25) is 5.76 Å². The van der Waals surface area contributed by atoms with Gasteiger partial charge in [0, 0.05) is 11.6 Å². The number of halogens is 1. The standard InChI is InChI=1S/C23H20ClNO5/c1-3-10-29-15-6-4-14(5-7-15)20-19-21(27)16-12-17(24)13(2)11-18(16)30-22(19)23(28)25(20)8-9-26/h3-7,11-12,20,26H,1,8-10H2,2H3. The van der Waals surface area contributed by atoms with Gasteiger partial charge in [-0.15, -0.1) is 0 Å². The molecule has 154 valence electrons. The molecular formula is C23H20ClNO5. The summed E-state index contributed by atoms with van der Waals surface area (Å²) in [4.78, 5) is 27.9. The molecule has 4 rings (SSSR count). The Hall–Kier alpha value is -3.09. The number of carbonyl (C=O) groups is 1. The number of hydrogen-bond donors (Lipinski definition) is 1. The molecule has 1 amide bonds. The molecule has 0 spiro atoms. The van der Waals surface area contributed by atoms with Crippen molar-refractivity contribution in [2.75, 3.05) is 19.8 Å². The van der Waals surface area contributed by atoms with E-state index < -0.39 is 11.9 Å². The van der Waals surface area contributed by atoms with E-state index in [4.69, 9.17) is 20.8 Å². The highest BCUT2D eigenvalue weighted by atomic mass is 35.5. The number of hydrogen-bond acceptors (Lipinski definition) is 5. The maximum Gasteiger partial charge on any atom is 0.290 e. The van der Waals surface area contributed by atoms with Crippen LogP contribution in [0.15, 0.2) is 58.3 Å². The van der Waals surface area contributed by atoms with Crippen molar-refractivity contribution in [3.8, 4) is 5.75 Å². The Kier molecular flexibility index (Phi) is 5.37. The maximum absolute atomic E-state index is 13.4. The minimum atomic E-state index is -0.672. The minimum absolute atomic E-state index is 0.000318. The fourth-order valence-electron chi connectivity index (χ4n) is 3.73. The van der Waals surface area contributed by atoms with Gasteiger partial charge in [0.1, 0.15) is 17.9 Å². The van der Waals surface area contributed by atoms with Crippen LogP contribution in [0.5, 0.6) is 5.75 Å². The topological polar surface area (TPSA) is 80.0 Å². The normalized spacial score (nSPS) is 15.5. The molecule has 0 saturated heterocycles. The van der Waals surface area contributed by atoms with Crippen molar-refractivity contribution in [3.05, 3.63) is 86.7 Å². The van der Waals surface area contributed by atoms with Crippen LogP contribution in [-0.2, 0) is 0 Å². The number of β-amino-alcohol motifs (C(OH)–C–C–N with tert-alkyl or cyclic N) is 1. The molecule has 0 bridgehead atoms. The van der Waals surface area contributed by atoms with Crippen LogP contribution >= 0.6 is 11.6 Å². The SMILES string of the molecule is C=CCOc1ccc(C2c3c(oc4cc(C)c(Cl)cc4c3=O)C(=O)N2CCO)cc1. The van der Waals surface area contributed by atoms with Gasteiger partial charge in [-0.25, -0.2) is 0 Å². The summed E-state index contributed by atoms with van der Waals surface area (Å²) in [7, 11) is 0. The number of rotatable bonds is 6. The van der Waals surface area contributed by atoms with E-state index in [1.54, 1.807) is 49.4 Å². The lowest BCUT2D eigenvalue weighted by Crippen LogP contribution is -2.32. The van der Waals surface area contributed by atoms with Crippen molar-refractivity contribution >= 4 is 28.5 Å². The van der Waals surface area contributed by atoms with Gasteiger partial charge in [-0.05, 0) is 42.3 Å². The summed E-state index contributed by atoms with van der Waals surface area (Å²) < 4.78 is 11.4. The van der Waals surface area contributed by atoms with Crippen LogP contribution in [0, 0.1) is 6.92 Å². The molecule has 7 heteroatoms. The van der Waals surface area contributed by atoms with E-state index in [2.05, 4.69) is 6.58 Å². The van der Waals surface area contributed by atoms with Crippen LogP contribution < -0.4 is 10.2 Å². The second-order valence-electron chi connectivity index (χ2n) is 7.06. The third kappa shape index (κ3) is 3.28. The van der Waals surface area contributed by atoms with Gasteiger partial charge in [-0.1, -0.05) is 36.4 Å². The molecule has 1 N–H and O–H groups in total. The molecule has 3 aromatic rings. The summed E-state index contributed by atoms with van der Waals surface area (Å²) in [6.07, 6.45) is 1.64. The van der Waals surface area contributed by atoms with Crippen LogP contribution in [0.3, 0.4) is 0 Å². The molecule has 1 unspecified atom stereocenters. The summed E-state index contributed by atoms with van der Waals surface area (Å²) in [5.41, 5.74) is 1.72. The van der Waals surface area contributed by atoms with E-state index in [0.29, 0.717) is 33.9 Å². The number of benzene rings is 2. The van der Waals surface area contributed by atoms with E-state index in [0.717, 1.165) is 5.56 Å². The fraction of sp³-hybridized carbons (Fsp3) is 0.217. The van der Waals surface area contributed by atoms with Crippen LogP contribution in [0.1, 0.15) is 33.3 Å². The zero-order chi connectivity index (χ0) is 21.4. The monoisotopic (exact) mass is 425 g/mol. The summed E-state index contributed by atoms with van der Waals surface area (Å²) >= 11 is 6.22. The predicted molar refractivity (Wildman–Crippen MR) is 114 cm³/mol. The quantitative estimate of drug-likeness (QED) is 0.606. The van der Waals surface area contributed by atoms with Gasteiger partial charge in [0.25, 0.3) is 5.91 Å². The molecule has 1 aromatic heterocycles. The third-order valence-corrected chi connectivity index (χ3v) is 5.56. The first-order valence-corrected chi connectivity index (χ1v) is 9.86. The average molecular weight is 426 g/mol. The Bertz CT molecular complexity index is 1200. The van der Waals surface area contributed by atoms with Crippen molar-refractivity contribution < 1.29 is 19.1 Å². The Balaban J connectivity index is 1.89. The number of carbonyl (C=O) groups excluding carboxylic acids is 1. The Morgan fingerprint density at radius 1 is 1.27 bits per heavy atom. The number of nitrogens with zero attached hydrogens (tertiary/aromatic N) is 1. The van der Waals surface area contributed by atoms with Crippen molar-refractivity contribution in [2.24, 2.45) is 0 Å². The smallest absolute Gasteiger partial charge is 0.290 e. The highest BCUT2D eigenvalue weighted by molar-refractivity contribution is 6.32. The van der Waals surface area contributed by atoms with Crippen LogP contribution in [0.2, 0.25) is 5.02 Å². The van der Waals surface area contributed by atoms with Gasteiger partial charge in [0.05, 0.1) is 23.6 Å². The molecule has 0 saturated carbocycles. The van der Waals surface area contributed by atoms with Crippen LogP contribution in [0.25, 0.3) is 11.0 Å². The molecule has 6 nitrogen and oxygen atoms in total. The van der Waals surface area contributed by atoms with Gasteiger partial charge < -0.3 is 19.2 Å². The molecule has 0 aliphatic carbocycles. The number of aryl methyl sites for hydroxylation is 1. The number of aliphatic hydroxyl groups is 1. The third-order valence-electron chi connectivity index (χ3n) is 5.15. The Morgan fingerprint density at radius 3 is 2.67 bits per heavy atom. The largest absolute Gasteiger partial charge is 0.490 e. The highest BCUT2D eigenvalue weighted by Crippen LogP contribution is 2.38. The molecule has 2 heterocycles. The Labute approximate surface area is 177 Å². The van der Waals surface area contributed by atoms with Crippen LogP contribution in [-0.4, -0.2) is 35.7 Å². The summed E-state index contributed by atoms with van der Waals surface area (Å²) in [6, 6.07) is 9.67. The van der Waals surface area contributed by atoms with Gasteiger partial charge >= 0.3 is 0 Å². The molecule has 2 aromatic carbocycles.